The van der Waals surface area contributed by atoms with Crippen LogP contribution in [0.5, 0.6) is 0 Å². The summed E-state index contributed by atoms with van der Waals surface area (Å²) in [6, 6.07) is 7.97. The lowest BCUT2D eigenvalue weighted by Gasteiger charge is -2.17. The number of carbonyl (C=O) groups excluding carboxylic acids is 1. The molecule has 0 saturated carbocycles. The molecule has 3 rings (SSSR count). The first-order valence-corrected chi connectivity index (χ1v) is 7.24. The fourth-order valence-electron chi connectivity index (χ4n) is 2.73. The van der Waals surface area contributed by atoms with Crippen LogP contribution in [0.3, 0.4) is 0 Å². The van der Waals surface area contributed by atoms with Gasteiger partial charge in [-0.2, -0.15) is 0 Å². The molecule has 1 aliphatic heterocycles. The van der Waals surface area contributed by atoms with Crippen molar-refractivity contribution in [2.45, 2.75) is 26.7 Å². The highest BCUT2D eigenvalue weighted by Crippen LogP contribution is 2.22. The maximum atomic E-state index is 12.2. The third kappa shape index (κ3) is 2.77. The standard InChI is InChI=1S/C16H19N3O2/c1-11-15(12(2)21-18-11)16(20)17-13-5-7-14(8-6-13)19-9-3-4-10-19/h5-8H,3-4,9-10H2,1-2H3,(H,17,20). The second-order valence-corrected chi connectivity index (χ2v) is 5.39. The van der Waals surface area contributed by atoms with Crippen molar-refractivity contribution in [3.05, 3.63) is 41.3 Å². The summed E-state index contributed by atoms with van der Waals surface area (Å²) >= 11 is 0. The molecule has 1 fully saturated rings. The van der Waals surface area contributed by atoms with E-state index in [9.17, 15) is 4.79 Å². The van der Waals surface area contributed by atoms with Crippen molar-refractivity contribution in [2.24, 2.45) is 0 Å². The van der Waals surface area contributed by atoms with E-state index < -0.39 is 0 Å². The van der Waals surface area contributed by atoms with E-state index in [0.717, 1.165) is 18.8 Å². The fourth-order valence-corrected chi connectivity index (χ4v) is 2.73. The summed E-state index contributed by atoms with van der Waals surface area (Å²) in [5, 5.41) is 6.69. The van der Waals surface area contributed by atoms with Crippen LogP contribution in [0.15, 0.2) is 28.8 Å². The van der Waals surface area contributed by atoms with E-state index in [-0.39, 0.29) is 5.91 Å². The Balaban J connectivity index is 1.72. The van der Waals surface area contributed by atoms with Gasteiger partial charge in [-0.1, -0.05) is 5.16 Å². The number of carbonyl (C=O) groups is 1. The van der Waals surface area contributed by atoms with Crippen molar-refractivity contribution >= 4 is 17.3 Å². The van der Waals surface area contributed by atoms with Gasteiger partial charge in [-0.05, 0) is 51.0 Å². The molecule has 1 aliphatic rings. The fraction of sp³-hybridized carbons (Fsp3) is 0.375. The normalized spacial score (nSPS) is 14.5. The molecule has 5 nitrogen and oxygen atoms in total. The van der Waals surface area contributed by atoms with Crippen LogP contribution in [0.4, 0.5) is 11.4 Å². The zero-order valence-corrected chi connectivity index (χ0v) is 12.3. The van der Waals surface area contributed by atoms with Crippen LogP contribution in [0.2, 0.25) is 0 Å². The van der Waals surface area contributed by atoms with Crippen LogP contribution in [0.1, 0.15) is 34.7 Å². The summed E-state index contributed by atoms with van der Waals surface area (Å²) in [6.45, 7) is 5.74. The predicted octanol–water partition coefficient (Wildman–Crippen LogP) is 3.14. The van der Waals surface area contributed by atoms with Gasteiger partial charge in [0.05, 0.1) is 5.69 Å². The molecule has 110 valence electrons. The molecule has 1 aromatic carbocycles. The zero-order chi connectivity index (χ0) is 14.8. The molecular weight excluding hydrogens is 266 g/mol. The van der Waals surface area contributed by atoms with Crippen molar-refractivity contribution in [3.63, 3.8) is 0 Å². The van der Waals surface area contributed by atoms with E-state index in [1.807, 2.05) is 24.3 Å². The predicted molar refractivity (Wildman–Crippen MR) is 81.8 cm³/mol. The lowest BCUT2D eigenvalue weighted by Crippen LogP contribution is -2.17. The van der Waals surface area contributed by atoms with Gasteiger partial charge >= 0.3 is 0 Å². The Labute approximate surface area is 123 Å². The van der Waals surface area contributed by atoms with Crippen LogP contribution in [-0.4, -0.2) is 24.2 Å². The van der Waals surface area contributed by atoms with E-state index in [4.69, 9.17) is 4.52 Å². The first-order chi connectivity index (χ1) is 10.1. The van der Waals surface area contributed by atoms with E-state index >= 15 is 0 Å². The van der Waals surface area contributed by atoms with Gasteiger partial charge < -0.3 is 14.7 Å². The smallest absolute Gasteiger partial charge is 0.261 e. The number of rotatable bonds is 3. The maximum Gasteiger partial charge on any atom is 0.261 e. The number of nitrogens with zero attached hydrogens (tertiary/aromatic N) is 2. The molecule has 1 saturated heterocycles. The van der Waals surface area contributed by atoms with Gasteiger partial charge in [0.2, 0.25) is 0 Å². The van der Waals surface area contributed by atoms with Crippen LogP contribution in [0, 0.1) is 13.8 Å². The van der Waals surface area contributed by atoms with Crippen LogP contribution in [-0.2, 0) is 0 Å². The van der Waals surface area contributed by atoms with E-state index in [2.05, 4.69) is 15.4 Å². The molecule has 21 heavy (non-hydrogen) atoms. The largest absolute Gasteiger partial charge is 0.372 e. The monoisotopic (exact) mass is 285 g/mol. The van der Waals surface area contributed by atoms with Gasteiger partial charge in [0.15, 0.2) is 0 Å². The Morgan fingerprint density at radius 1 is 1.19 bits per heavy atom. The molecule has 2 heterocycles. The average Bonchev–Trinajstić information content (AvgIpc) is 3.10. The summed E-state index contributed by atoms with van der Waals surface area (Å²) in [5.74, 6) is 0.360. The number of hydrogen-bond donors (Lipinski definition) is 1. The van der Waals surface area contributed by atoms with Crippen LogP contribution < -0.4 is 10.2 Å². The first-order valence-electron chi connectivity index (χ1n) is 7.24. The van der Waals surface area contributed by atoms with E-state index in [1.165, 1.54) is 18.5 Å². The van der Waals surface area contributed by atoms with Crippen molar-refractivity contribution in [3.8, 4) is 0 Å². The summed E-state index contributed by atoms with van der Waals surface area (Å²) in [6.07, 6.45) is 2.51. The van der Waals surface area contributed by atoms with Crippen molar-refractivity contribution < 1.29 is 9.32 Å². The highest BCUT2D eigenvalue weighted by Gasteiger charge is 2.18. The van der Waals surface area contributed by atoms with Crippen molar-refractivity contribution in [2.75, 3.05) is 23.3 Å². The molecule has 2 aromatic rings. The Morgan fingerprint density at radius 3 is 2.43 bits per heavy atom. The summed E-state index contributed by atoms with van der Waals surface area (Å²) in [4.78, 5) is 14.6. The Morgan fingerprint density at radius 2 is 1.86 bits per heavy atom. The minimum absolute atomic E-state index is 0.180. The average molecular weight is 285 g/mol. The lowest BCUT2D eigenvalue weighted by molar-refractivity contribution is 0.102. The molecule has 1 N–H and O–H groups in total. The number of anilines is 2. The molecular formula is C16H19N3O2. The number of aryl methyl sites for hydroxylation is 2. The second kappa shape index (κ2) is 5.60. The molecule has 0 bridgehead atoms. The molecule has 0 spiro atoms. The minimum atomic E-state index is -0.180. The summed E-state index contributed by atoms with van der Waals surface area (Å²) in [7, 11) is 0. The molecule has 1 aromatic heterocycles. The summed E-state index contributed by atoms with van der Waals surface area (Å²) in [5.41, 5.74) is 3.11. The quantitative estimate of drug-likeness (QED) is 0.941. The number of hydrogen-bond acceptors (Lipinski definition) is 4. The lowest BCUT2D eigenvalue weighted by atomic mass is 10.2. The van der Waals surface area contributed by atoms with Crippen LogP contribution in [0.25, 0.3) is 0 Å². The second-order valence-electron chi connectivity index (χ2n) is 5.39. The van der Waals surface area contributed by atoms with Crippen molar-refractivity contribution in [1.29, 1.82) is 0 Å². The molecule has 0 atom stereocenters. The molecule has 5 heteroatoms. The molecule has 0 unspecified atom stereocenters. The number of nitrogens with one attached hydrogen (secondary N) is 1. The summed E-state index contributed by atoms with van der Waals surface area (Å²) < 4.78 is 5.02. The van der Waals surface area contributed by atoms with Gasteiger partial charge in [-0.25, -0.2) is 0 Å². The minimum Gasteiger partial charge on any atom is -0.372 e. The third-order valence-corrected chi connectivity index (χ3v) is 3.86. The highest BCUT2D eigenvalue weighted by atomic mass is 16.5. The van der Waals surface area contributed by atoms with Gasteiger partial charge in [-0.15, -0.1) is 0 Å². The van der Waals surface area contributed by atoms with Gasteiger partial charge in [0.1, 0.15) is 11.3 Å². The first kappa shape index (κ1) is 13.7. The Bertz CT molecular complexity index is 621. The van der Waals surface area contributed by atoms with Gasteiger partial charge in [-0.3, -0.25) is 4.79 Å². The maximum absolute atomic E-state index is 12.2. The number of benzene rings is 1. The molecule has 1 amide bonds. The molecule has 0 radical (unpaired) electrons. The molecule has 0 aliphatic carbocycles. The Kier molecular flexibility index (Phi) is 3.64. The SMILES string of the molecule is Cc1noc(C)c1C(=O)Nc1ccc(N2CCCC2)cc1. The van der Waals surface area contributed by atoms with Gasteiger partial charge in [0, 0.05) is 24.5 Å². The number of aromatic nitrogens is 1. The Hall–Kier alpha value is -2.30. The third-order valence-electron chi connectivity index (χ3n) is 3.86. The zero-order valence-electron chi connectivity index (χ0n) is 12.3. The van der Waals surface area contributed by atoms with Gasteiger partial charge in [0.25, 0.3) is 5.91 Å². The van der Waals surface area contributed by atoms with Crippen LogP contribution >= 0.6 is 0 Å². The number of amides is 1. The highest BCUT2D eigenvalue weighted by molar-refractivity contribution is 6.05. The van der Waals surface area contributed by atoms with E-state index in [1.54, 1.807) is 13.8 Å². The topological polar surface area (TPSA) is 58.4 Å². The van der Waals surface area contributed by atoms with E-state index in [0.29, 0.717) is 17.0 Å². The van der Waals surface area contributed by atoms with Crippen molar-refractivity contribution in [1.82, 2.24) is 5.16 Å².